The molecular weight excluding hydrogens is 369 g/mol. The molecule has 1 heterocycles. The molecule has 1 aromatic heterocycles. The van der Waals surface area contributed by atoms with Gasteiger partial charge in [0.05, 0.1) is 0 Å². The van der Waals surface area contributed by atoms with Gasteiger partial charge in [0.15, 0.2) is 0 Å². The third-order valence-corrected chi connectivity index (χ3v) is 19.4. The van der Waals surface area contributed by atoms with E-state index in [0.717, 1.165) is 0 Å². The Balaban J connectivity index is 3.06. The number of rotatable bonds is 12. The van der Waals surface area contributed by atoms with Gasteiger partial charge in [-0.1, -0.05) is 0 Å². The molecule has 122 valence electrons. The fraction of sp³-hybridized carbons (Fsp3) is 0.875. The standard InChI is InChI=1S/C4H6N3O.3C4H9.Sn/c1-8-4-7-3-5-2-6-7;3*1-3-4-2;/h2H,4H2,1H3;3*1,3-4H2,2H3;. The summed E-state index contributed by atoms with van der Waals surface area (Å²) in [5.74, 6) is 0. The van der Waals surface area contributed by atoms with Crippen molar-refractivity contribution in [3.8, 4) is 0 Å². The zero-order chi connectivity index (χ0) is 15.6. The molecule has 0 spiro atoms. The molecule has 0 atom stereocenters. The Bertz CT molecular complexity index is 360. The van der Waals surface area contributed by atoms with Crippen LogP contribution in [0.25, 0.3) is 0 Å². The zero-order valence-electron chi connectivity index (χ0n) is 14.4. The molecule has 0 unspecified atom stereocenters. The maximum atomic E-state index is 5.33. The Morgan fingerprint density at radius 3 is 1.95 bits per heavy atom. The predicted octanol–water partition coefficient (Wildman–Crippen LogP) is 3.94. The third kappa shape index (κ3) is 5.55. The summed E-state index contributed by atoms with van der Waals surface area (Å²) in [6.45, 7) is 7.46. The predicted molar refractivity (Wildman–Crippen MR) is 91.6 cm³/mol. The first kappa shape index (κ1) is 18.9. The number of unbranched alkanes of at least 4 members (excludes halogenated alkanes) is 3. The summed E-state index contributed by atoms with van der Waals surface area (Å²) in [6, 6.07) is 0. The first-order chi connectivity index (χ1) is 10.2. The normalized spacial score (nSPS) is 12.0. The fourth-order valence-corrected chi connectivity index (χ4v) is 18.9. The summed E-state index contributed by atoms with van der Waals surface area (Å²) in [6.07, 6.45) is 9.65. The van der Waals surface area contributed by atoms with Crippen LogP contribution in [-0.2, 0) is 11.5 Å². The summed E-state index contributed by atoms with van der Waals surface area (Å²) < 4.78 is 13.0. The van der Waals surface area contributed by atoms with Crippen LogP contribution in [0.3, 0.4) is 0 Å². The van der Waals surface area contributed by atoms with Crippen LogP contribution < -0.4 is 3.84 Å². The molecule has 0 amide bonds. The van der Waals surface area contributed by atoms with Gasteiger partial charge in [-0.3, -0.25) is 0 Å². The molecule has 0 saturated carbocycles. The van der Waals surface area contributed by atoms with Crippen LogP contribution in [-0.4, -0.2) is 40.3 Å². The first-order valence-electron chi connectivity index (χ1n) is 8.61. The van der Waals surface area contributed by atoms with Crippen molar-refractivity contribution in [2.75, 3.05) is 7.11 Å². The number of hydrogen-bond acceptors (Lipinski definition) is 3. The average Bonchev–Trinajstić information content (AvgIpc) is 2.96. The molecule has 21 heavy (non-hydrogen) atoms. The summed E-state index contributed by atoms with van der Waals surface area (Å²) in [5.41, 5.74) is 0. The van der Waals surface area contributed by atoms with Gasteiger partial charge < -0.3 is 0 Å². The van der Waals surface area contributed by atoms with Crippen molar-refractivity contribution in [2.24, 2.45) is 0 Å². The molecule has 0 fully saturated rings. The van der Waals surface area contributed by atoms with Crippen molar-refractivity contribution >= 4 is 22.2 Å². The van der Waals surface area contributed by atoms with Gasteiger partial charge in [-0.25, -0.2) is 0 Å². The molecule has 0 bridgehead atoms. The third-order valence-electron chi connectivity index (χ3n) is 4.37. The van der Waals surface area contributed by atoms with Crippen molar-refractivity contribution in [1.29, 1.82) is 0 Å². The maximum absolute atomic E-state index is 5.33. The molecule has 0 aliphatic heterocycles. The minimum atomic E-state index is -2.44. The summed E-state index contributed by atoms with van der Waals surface area (Å²) in [4.78, 5) is 4.73. The van der Waals surface area contributed by atoms with Crippen LogP contribution >= 0.6 is 0 Å². The second kappa shape index (κ2) is 10.6. The summed E-state index contributed by atoms with van der Waals surface area (Å²) in [7, 11) is 1.74. The van der Waals surface area contributed by atoms with E-state index in [2.05, 4.69) is 30.6 Å². The van der Waals surface area contributed by atoms with Crippen LogP contribution in [0.5, 0.6) is 0 Å². The van der Waals surface area contributed by atoms with E-state index >= 15 is 0 Å². The number of methoxy groups -OCH3 is 1. The van der Waals surface area contributed by atoms with Gasteiger partial charge >= 0.3 is 134 Å². The van der Waals surface area contributed by atoms with Gasteiger partial charge in [-0.05, 0) is 0 Å². The van der Waals surface area contributed by atoms with Crippen molar-refractivity contribution in [3.63, 3.8) is 0 Å². The van der Waals surface area contributed by atoms with Gasteiger partial charge in [-0.15, -0.1) is 0 Å². The van der Waals surface area contributed by atoms with Crippen LogP contribution in [0.1, 0.15) is 59.3 Å². The van der Waals surface area contributed by atoms with Gasteiger partial charge in [0.25, 0.3) is 0 Å². The molecule has 0 radical (unpaired) electrons. The molecule has 0 N–H and O–H groups in total. The van der Waals surface area contributed by atoms with E-state index in [1.54, 1.807) is 13.4 Å². The number of nitrogens with zero attached hydrogens (tertiary/aromatic N) is 3. The van der Waals surface area contributed by atoms with E-state index in [1.807, 2.05) is 0 Å². The molecular formula is C16H33N3OSn. The molecule has 5 heteroatoms. The van der Waals surface area contributed by atoms with Crippen LogP contribution in [0.2, 0.25) is 13.3 Å². The summed E-state index contributed by atoms with van der Waals surface area (Å²) >= 11 is -2.44. The van der Waals surface area contributed by atoms with E-state index < -0.39 is 18.4 Å². The zero-order valence-corrected chi connectivity index (χ0v) is 17.3. The van der Waals surface area contributed by atoms with Crippen molar-refractivity contribution < 1.29 is 4.74 Å². The molecule has 0 aliphatic rings. The van der Waals surface area contributed by atoms with E-state index in [-0.39, 0.29) is 0 Å². The first-order valence-corrected chi connectivity index (χ1v) is 16.1. The Morgan fingerprint density at radius 1 is 1.00 bits per heavy atom. The topological polar surface area (TPSA) is 39.9 Å². The van der Waals surface area contributed by atoms with Crippen LogP contribution in [0.15, 0.2) is 6.33 Å². The Kier molecular flexibility index (Phi) is 9.56. The Morgan fingerprint density at radius 2 is 1.52 bits per heavy atom. The van der Waals surface area contributed by atoms with Crippen molar-refractivity contribution in [2.45, 2.75) is 79.3 Å². The quantitative estimate of drug-likeness (QED) is 0.498. The molecule has 0 saturated heterocycles. The van der Waals surface area contributed by atoms with Gasteiger partial charge in [0, 0.05) is 0 Å². The SMILES string of the molecule is CCC[CH2][Sn]([CH2]CCC)([CH2]CCC)[c]1ncnn1COC. The monoisotopic (exact) mass is 403 g/mol. The van der Waals surface area contributed by atoms with Crippen LogP contribution in [0.4, 0.5) is 0 Å². The minimum absolute atomic E-state index is 0.554. The van der Waals surface area contributed by atoms with Crippen LogP contribution in [0, 0.1) is 0 Å². The molecule has 0 aromatic carbocycles. The Labute approximate surface area is 134 Å². The molecule has 4 nitrogen and oxygen atoms in total. The summed E-state index contributed by atoms with van der Waals surface area (Å²) in [5, 5.41) is 4.43. The molecule has 0 aliphatic carbocycles. The molecule has 1 aromatic rings. The van der Waals surface area contributed by atoms with E-state index in [9.17, 15) is 0 Å². The second-order valence-corrected chi connectivity index (χ2v) is 19.0. The average molecular weight is 402 g/mol. The van der Waals surface area contributed by atoms with Crippen molar-refractivity contribution in [1.82, 2.24) is 14.8 Å². The molecule has 1 rings (SSSR count). The second-order valence-electron chi connectivity index (χ2n) is 6.09. The van der Waals surface area contributed by atoms with Gasteiger partial charge in [0.1, 0.15) is 0 Å². The number of hydrogen-bond donors (Lipinski definition) is 0. The van der Waals surface area contributed by atoms with Gasteiger partial charge in [-0.2, -0.15) is 0 Å². The van der Waals surface area contributed by atoms with E-state index in [0.29, 0.717) is 6.73 Å². The van der Waals surface area contributed by atoms with Gasteiger partial charge in [0.2, 0.25) is 0 Å². The van der Waals surface area contributed by atoms with E-state index in [1.165, 1.54) is 55.7 Å². The fourth-order valence-electron chi connectivity index (χ4n) is 3.15. The number of ether oxygens (including phenoxy) is 1. The van der Waals surface area contributed by atoms with E-state index in [4.69, 9.17) is 9.72 Å². The number of aromatic nitrogens is 3. The van der Waals surface area contributed by atoms with Crippen molar-refractivity contribution in [3.05, 3.63) is 6.33 Å². The Hall–Kier alpha value is -0.101.